The highest BCUT2D eigenvalue weighted by molar-refractivity contribution is 7.81. The Labute approximate surface area is 88.3 Å². The standard InChI is InChI=1S/C5H6O10S/c6-1-14-4(9)2(7)3(8)5(10)15-16(11,12)13/h1-3,7-8H,(H,11,12,13). The summed E-state index contributed by atoms with van der Waals surface area (Å²) in [5, 5.41) is 17.7. The Kier molecular flexibility index (Phi) is 4.97. The lowest BCUT2D eigenvalue weighted by Gasteiger charge is -2.12. The molecule has 3 N–H and O–H groups in total. The summed E-state index contributed by atoms with van der Waals surface area (Å²) in [7, 11) is -5.18. The zero-order valence-electron chi connectivity index (χ0n) is 7.34. The third-order valence-corrected chi connectivity index (χ3v) is 1.51. The molecule has 2 unspecified atom stereocenters. The molecule has 0 saturated heterocycles. The van der Waals surface area contributed by atoms with Gasteiger partial charge in [0.05, 0.1) is 0 Å². The van der Waals surface area contributed by atoms with Crippen molar-refractivity contribution in [2.75, 3.05) is 0 Å². The number of hydrogen-bond donors (Lipinski definition) is 3. The van der Waals surface area contributed by atoms with Crippen molar-refractivity contribution in [2.24, 2.45) is 0 Å². The molecule has 0 fully saturated rings. The van der Waals surface area contributed by atoms with Crippen molar-refractivity contribution in [3.05, 3.63) is 0 Å². The van der Waals surface area contributed by atoms with Crippen LogP contribution in [0.15, 0.2) is 0 Å². The van der Waals surface area contributed by atoms with E-state index in [4.69, 9.17) is 14.8 Å². The van der Waals surface area contributed by atoms with Gasteiger partial charge in [0, 0.05) is 0 Å². The highest BCUT2D eigenvalue weighted by atomic mass is 32.3. The number of aliphatic hydroxyl groups is 2. The molecule has 0 aliphatic rings. The Hall–Kier alpha value is -1.56. The molecule has 0 heterocycles. The van der Waals surface area contributed by atoms with Crippen molar-refractivity contribution < 1.29 is 46.5 Å². The Bertz CT molecular complexity index is 382. The SMILES string of the molecule is O=COC(=O)C(O)C(O)C(=O)OS(=O)(=O)O. The Morgan fingerprint density at radius 2 is 1.56 bits per heavy atom. The maximum atomic E-state index is 10.6. The van der Waals surface area contributed by atoms with Crippen LogP contribution in [0, 0.1) is 0 Å². The third-order valence-electron chi connectivity index (χ3n) is 1.13. The van der Waals surface area contributed by atoms with Crippen LogP contribution in [0.1, 0.15) is 0 Å². The fourth-order valence-corrected chi connectivity index (χ4v) is 0.834. The second-order valence-electron chi connectivity index (χ2n) is 2.25. The number of carbonyl (C=O) groups is 3. The van der Waals surface area contributed by atoms with E-state index in [9.17, 15) is 22.8 Å². The lowest BCUT2D eigenvalue weighted by Crippen LogP contribution is -2.42. The molecule has 0 rings (SSSR count). The van der Waals surface area contributed by atoms with Gasteiger partial charge in [0.25, 0.3) is 0 Å². The summed E-state index contributed by atoms with van der Waals surface area (Å²) >= 11 is 0. The summed E-state index contributed by atoms with van der Waals surface area (Å²) < 4.78 is 34.8. The molecular formula is C5H6O10S. The quantitative estimate of drug-likeness (QED) is 0.197. The summed E-state index contributed by atoms with van der Waals surface area (Å²) in [6.45, 7) is -0.383. The van der Waals surface area contributed by atoms with Crippen LogP contribution in [-0.4, -0.2) is 53.8 Å². The van der Waals surface area contributed by atoms with Crippen molar-refractivity contribution in [2.45, 2.75) is 12.2 Å². The van der Waals surface area contributed by atoms with Crippen molar-refractivity contribution in [3.63, 3.8) is 0 Å². The molecule has 92 valence electrons. The fourth-order valence-electron chi connectivity index (χ4n) is 0.528. The summed E-state index contributed by atoms with van der Waals surface area (Å²) in [4.78, 5) is 30.9. The lowest BCUT2D eigenvalue weighted by molar-refractivity contribution is -0.170. The van der Waals surface area contributed by atoms with Gasteiger partial charge in [0.1, 0.15) is 0 Å². The van der Waals surface area contributed by atoms with E-state index in [2.05, 4.69) is 8.92 Å². The zero-order chi connectivity index (χ0) is 12.9. The molecule has 0 aromatic rings. The maximum Gasteiger partial charge on any atom is 0.449 e. The molecule has 0 aromatic heterocycles. The van der Waals surface area contributed by atoms with Gasteiger partial charge in [0.2, 0.25) is 0 Å². The van der Waals surface area contributed by atoms with Crippen molar-refractivity contribution in [3.8, 4) is 0 Å². The number of carbonyl (C=O) groups excluding carboxylic acids is 3. The van der Waals surface area contributed by atoms with Crippen LogP contribution in [0.4, 0.5) is 0 Å². The number of aliphatic hydroxyl groups excluding tert-OH is 2. The largest absolute Gasteiger partial charge is 0.449 e. The maximum absolute atomic E-state index is 10.6. The molecule has 16 heavy (non-hydrogen) atoms. The van der Waals surface area contributed by atoms with Gasteiger partial charge in [-0.05, 0) is 0 Å². The van der Waals surface area contributed by atoms with Gasteiger partial charge < -0.3 is 19.1 Å². The molecule has 0 saturated carbocycles. The highest BCUT2D eigenvalue weighted by Crippen LogP contribution is 2.01. The van der Waals surface area contributed by atoms with Crippen LogP contribution < -0.4 is 0 Å². The first-order valence-corrected chi connectivity index (χ1v) is 4.76. The first-order chi connectivity index (χ1) is 7.19. The minimum absolute atomic E-state index is 0.383. The summed E-state index contributed by atoms with van der Waals surface area (Å²) in [5.74, 6) is -3.72. The molecule has 11 heteroatoms. The molecule has 0 bridgehead atoms. The predicted octanol–water partition coefficient (Wildman–Crippen LogP) is -3.25. The molecule has 0 spiro atoms. The Morgan fingerprint density at radius 3 is 1.94 bits per heavy atom. The van der Waals surface area contributed by atoms with Gasteiger partial charge in [-0.3, -0.25) is 9.35 Å². The summed E-state index contributed by atoms with van der Waals surface area (Å²) in [5.41, 5.74) is 0. The predicted molar refractivity (Wildman–Crippen MR) is 41.8 cm³/mol. The van der Waals surface area contributed by atoms with Gasteiger partial charge in [0.15, 0.2) is 12.2 Å². The molecule has 0 aliphatic carbocycles. The van der Waals surface area contributed by atoms with Gasteiger partial charge >= 0.3 is 28.8 Å². The van der Waals surface area contributed by atoms with E-state index in [0.717, 1.165) is 0 Å². The Balaban J connectivity index is 4.55. The lowest BCUT2D eigenvalue weighted by atomic mass is 10.2. The molecule has 0 amide bonds. The first-order valence-electron chi connectivity index (χ1n) is 3.40. The third kappa shape index (κ3) is 4.79. The fraction of sp³-hybridized carbons (Fsp3) is 0.400. The van der Waals surface area contributed by atoms with E-state index in [-0.39, 0.29) is 6.47 Å². The van der Waals surface area contributed by atoms with Crippen LogP contribution in [0.25, 0.3) is 0 Å². The van der Waals surface area contributed by atoms with Crippen molar-refractivity contribution in [1.82, 2.24) is 0 Å². The molecule has 10 nitrogen and oxygen atoms in total. The zero-order valence-corrected chi connectivity index (χ0v) is 8.16. The van der Waals surface area contributed by atoms with Gasteiger partial charge in [-0.2, -0.15) is 8.42 Å². The van der Waals surface area contributed by atoms with Crippen LogP contribution in [0.5, 0.6) is 0 Å². The molecule has 0 radical (unpaired) electrons. The van der Waals surface area contributed by atoms with E-state index in [0.29, 0.717) is 0 Å². The molecule has 0 aromatic carbocycles. The van der Waals surface area contributed by atoms with E-state index >= 15 is 0 Å². The topological polar surface area (TPSA) is 164 Å². The van der Waals surface area contributed by atoms with E-state index in [1.807, 2.05) is 0 Å². The summed E-state index contributed by atoms with van der Waals surface area (Å²) in [6, 6.07) is 0. The van der Waals surface area contributed by atoms with E-state index in [1.165, 1.54) is 0 Å². The summed E-state index contributed by atoms with van der Waals surface area (Å²) in [6.07, 6.45) is -5.16. The number of esters is 1. The van der Waals surface area contributed by atoms with Crippen molar-refractivity contribution in [1.29, 1.82) is 0 Å². The van der Waals surface area contributed by atoms with E-state index < -0.39 is 34.5 Å². The van der Waals surface area contributed by atoms with Crippen LogP contribution in [-0.2, 0) is 33.7 Å². The van der Waals surface area contributed by atoms with Gasteiger partial charge in [-0.1, -0.05) is 0 Å². The average Bonchev–Trinajstić information content (AvgIpc) is 2.13. The minimum atomic E-state index is -5.18. The normalized spacial score (nSPS) is 14.7. The molecule has 2 atom stereocenters. The van der Waals surface area contributed by atoms with E-state index in [1.54, 1.807) is 0 Å². The first kappa shape index (κ1) is 14.4. The minimum Gasteiger partial charge on any atom is -0.393 e. The van der Waals surface area contributed by atoms with Crippen molar-refractivity contribution >= 4 is 28.8 Å². The van der Waals surface area contributed by atoms with Gasteiger partial charge in [-0.25, -0.2) is 9.59 Å². The second kappa shape index (κ2) is 5.50. The smallest absolute Gasteiger partial charge is 0.393 e. The average molecular weight is 258 g/mol. The number of ether oxygens (including phenoxy) is 1. The highest BCUT2D eigenvalue weighted by Gasteiger charge is 2.35. The number of rotatable bonds is 5. The van der Waals surface area contributed by atoms with Crippen LogP contribution in [0.3, 0.4) is 0 Å². The Morgan fingerprint density at radius 1 is 1.12 bits per heavy atom. The molecule has 0 aliphatic heterocycles. The molecular weight excluding hydrogens is 252 g/mol. The monoisotopic (exact) mass is 258 g/mol. The second-order valence-corrected chi connectivity index (χ2v) is 3.28. The van der Waals surface area contributed by atoms with Gasteiger partial charge in [-0.15, -0.1) is 0 Å². The van der Waals surface area contributed by atoms with Crippen LogP contribution in [0.2, 0.25) is 0 Å². The number of hydrogen-bond acceptors (Lipinski definition) is 9. The van der Waals surface area contributed by atoms with Crippen LogP contribution >= 0.6 is 0 Å².